The van der Waals surface area contributed by atoms with Gasteiger partial charge in [0.25, 0.3) is 0 Å². The van der Waals surface area contributed by atoms with E-state index in [-0.39, 0.29) is 0 Å². The molecule has 0 fully saturated rings. The van der Waals surface area contributed by atoms with Crippen LogP contribution in [0.3, 0.4) is 0 Å². The number of rotatable bonds is 5. The average Bonchev–Trinajstić information content (AvgIpc) is 2.69. The van der Waals surface area contributed by atoms with E-state index in [9.17, 15) is 5.11 Å². The van der Waals surface area contributed by atoms with Crippen LogP contribution in [0, 0.1) is 0 Å². The summed E-state index contributed by atoms with van der Waals surface area (Å²) in [6, 6.07) is 5.47. The lowest BCUT2D eigenvalue weighted by molar-refractivity contribution is 0.339. The maximum absolute atomic E-state index is 9.51. The first kappa shape index (κ1) is 12.0. The number of phenolic OH excluding ortho intramolecular Hbond substituents is 1. The van der Waals surface area contributed by atoms with Crippen LogP contribution in [0.2, 0.25) is 0 Å². The molecule has 2 N–H and O–H groups in total. The van der Waals surface area contributed by atoms with Gasteiger partial charge in [-0.25, -0.2) is 0 Å². The second-order valence-corrected chi connectivity index (χ2v) is 4.60. The van der Waals surface area contributed by atoms with Gasteiger partial charge in [-0.2, -0.15) is 0 Å². The second kappa shape index (κ2) is 5.23. The maximum atomic E-state index is 9.51. The van der Waals surface area contributed by atoms with E-state index in [0.29, 0.717) is 5.75 Å². The number of fused-ring (bicyclic) bond motifs is 1. The van der Waals surface area contributed by atoms with Gasteiger partial charge in [0.05, 0.1) is 0 Å². The number of nitrogens with zero attached hydrogens (tertiary/aromatic N) is 1. The van der Waals surface area contributed by atoms with Gasteiger partial charge in [0.15, 0.2) is 0 Å². The van der Waals surface area contributed by atoms with Crippen molar-refractivity contribution in [2.24, 2.45) is 0 Å². The second-order valence-electron chi connectivity index (χ2n) is 4.60. The molecule has 1 heterocycles. The first-order chi connectivity index (χ1) is 8.20. The topological polar surface area (TPSA) is 39.3 Å². The Morgan fingerprint density at radius 3 is 2.88 bits per heavy atom. The van der Waals surface area contributed by atoms with Gasteiger partial charge in [-0.15, -0.1) is 0 Å². The summed E-state index contributed by atoms with van der Waals surface area (Å²) in [5.74, 6) is 0.334. The molecule has 2 rings (SSSR count). The number of benzene rings is 1. The molecule has 0 atom stereocenters. The standard InChI is InChI=1S/C14H20N2O/c1-3-7-16(2)8-6-11-10-15-14-5-4-12(17)9-13(11)14/h4-5,9-10,15,17H,3,6-8H2,1-2H3. The third kappa shape index (κ3) is 2.80. The van der Waals surface area contributed by atoms with Crippen molar-refractivity contribution < 1.29 is 5.11 Å². The zero-order chi connectivity index (χ0) is 12.3. The molecular formula is C14H20N2O. The molecule has 1 aromatic heterocycles. The molecule has 1 aromatic carbocycles. The molecule has 2 aromatic rings. The van der Waals surface area contributed by atoms with Crippen molar-refractivity contribution in [2.75, 3.05) is 20.1 Å². The molecule has 0 bridgehead atoms. The summed E-state index contributed by atoms with van der Waals surface area (Å²) in [6.45, 7) is 4.38. The maximum Gasteiger partial charge on any atom is 0.116 e. The van der Waals surface area contributed by atoms with Gasteiger partial charge in [0, 0.05) is 23.6 Å². The number of aromatic nitrogens is 1. The van der Waals surface area contributed by atoms with Crippen LogP contribution in [0.5, 0.6) is 5.75 Å². The monoisotopic (exact) mass is 232 g/mol. The lowest BCUT2D eigenvalue weighted by Crippen LogP contribution is -2.21. The van der Waals surface area contributed by atoms with E-state index < -0.39 is 0 Å². The van der Waals surface area contributed by atoms with Crippen molar-refractivity contribution in [3.63, 3.8) is 0 Å². The molecule has 17 heavy (non-hydrogen) atoms. The number of nitrogens with one attached hydrogen (secondary N) is 1. The molecule has 3 heteroatoms. The predicted octanol–water partition coefficient (Wildman–Crippen LogP) is 2.76. The molecule has 0 unspecified atom stereocenters. The van der Waals surface area contributed by atoms with Crippen LogP contribution in [-0.4, -0.2) is 35.1 Å². The predicted molar refractivity (Wildman–Crippen MR) is 71.5 cm³/mol. The molecule has 0 saturated carbocycles. The van der Waals surface area contributed by atoms with Crippen LogP contribution in [-0.2, 0) is 6.42 Å². The Balaban J connectivity index is 2.10. The van der Waals surface area contributed by atoms with E-state index in [1.54, 1.807) is 6.07 Å². The van der Waals surface area contributed by atoms with E-state index in [0.717, 1.165) is 30.4 Å². The van der Waals surface area contributed by atoms with Gasteiger partial charge in [0.2, 0.25) is 0 Å². The fourth-order valence-corrected chi connectivity index (χ4v) is 2.18. The number of likely N-dealkylation sites (N-methyl/N-ethyl adjacent to an activating group) is 1. The van der Waals surface area contributed by atoms with Gasteiger partial charge < -0.3 is 15.0 Å². The molecular weight excluding hydrogens is 212 g/mol. The molecule has 0 aliphatic carbocycles. The molecule has 0 saturated heterocycles. The number of aromatic amines is 1. The van der Waals surface area contributed by atoms with E-state index in [4.69, 9.17) is 0 Å². The Bertz CT molecular complexity index is 490. The van der Waals surface area contributed by atoms with Gasteiger partial charge in [-0.1, -0.05) is 6.92 Å². The molecule has 0 radical (unpaired) electrons. The van der Waals surface area contributed by atoms with Crippen LogP contribution >= 0.6 is 0 Å². The lowest BCUT2D eigenvalue weighted by atomic mass is 10.1. The van der Waals surface area contributed by atoms with Crippen molar-refractivity contribution in [3.05, 3.63) is 30.0 Å². The largest absolute Gasteiger partial charge is 0.508 e. The smallest absolute Gasteiger partial charge is 0.116 e. The fourth-order valence-electron chi connectivity index (χ4n) is 2.18. The van der Waals surface area contributed by atoms with Crippen LogP contribution in [0.15, 0.2) is 24.4 Å². The summed E-state index contributed by atoms with van der Waals surface area (Å²) in [5.41, 5.74) is 2.37. The number of H-pyrrole nitrogens is 1. The molecule has 0 amide bonds. The highest BCUT2D eigenvalue weighted by Gasteiger charge is 2.05. The van der Waals surface area contributed by atoms with Crippen molar-refractivity contribution in [1.82, 2.24) is 9.88 Å². The molecule has 0 aliphatic heterocycles. The highest BCUT2D eigenvalue weighted by atomic mass is 16.3. The van der Waals surface area contributed by atoms with E-state index in [2.05, 4.69) is 23.9 Å². The van der Waals surface area contributed by atoms with Crippen molar-refractivity contribution in [3.8, 4) is 5.75 Å². The van der Waals surface area contributed by atoms with Gasteiger partial charge >= 0.3 is 0 Å². The minimum Gasteiger partial charge on any atom is -0.508 e. The number of aromatic hydroxyl groups is 1. The highest BCUT2D eigenvalue weighted by Crippen LogP contribution is 2.23. The van der Waals surface area contributed by atoms with Gasteiger partial charge in [0.1, 0.15) is 5.75 Å². The van der Waals surface area contributed by atoms with Crippen molar-refractivity contribution >= 4 is 10.9 Å². The van der Waals surface area contributed by atoms with E-state index >= 15 is 0 Å². The summed E-state index contributed by atoms with van der Waals surface area (Å²) < 4.78 is 0. The van der Waals surface area contributed by atoms with Crippen molar-refractivity contribution in [2.45, 2.75) is 19.8 Å². The van der Waals surface area contributed by atoms with Gasteiger partial charge in [-0.05, 0) is 50.2 Å². The zero-order valence-corrected chi connectivity index (χ0v) is 10.5. The van der Waals surface area contributed by atoms with Crippen LogP contribution < -0.4 is 0 Å². The number of hydrogen-bond acceptors (Lipinski definition) is 2. The third-order valence-corrected chi connectivity index (χ3v) is 3.12. The van der Waals surface area contributed by atoms with E-state index in [1.807, 2.05) is 18.3 Å². The summed E-state index contributed by atoms with van der Waals surface area (Å²) in [7, 11) is 2.15. The number of hydrogen-bond donors (Lipinski definition) is 2. The normalized spacial score (nSPS) is 11.5. The quantitative estimate of drug-likeness (QED) is 0.832. The Hall–Kier alpha value is -1.48. The van der Waals surface area contributed by atoms with Crippen LogP contribution in [0.4, 0.5) is 0 Å². The summed E-state index contributed by atoms with van der Waals surface area (Å²) >= 11 is 0. The Morgan fingerprint density at radius 1 is 1.29 bits per heavy atom. The SMILES string of the molecule is CCCN(C)CCc1c[nH]c2ccc(O)cc12. The first-order valence-electron chi connectivity index (χ1n) is 6.18. The average molecular weight is 232 g/mol. The minimum absolute atomic E-state index is 0.334. The van der Waals surface area contributed by atoms with Crippen LogP contribution in [0.25, 0.3) is 10.9 Å². The minimum atomic E-state index is 0.334. The fraction of sp³-hybridized carbons (Fsp3) is 0.429. The Morgan fingerprint density at radius 2 is 2.12 bits per heavy atom. The molecule has 0 spiro atoms. The third-order valence-electron chi connectivity index (χ3n) is 3.12. The highest BCUT2D eigenvalue weighted by molar-refractivity contribution is 5.84. The Labute approximate surface area is 102 Å². The summed E-state index contributed by atoms with van der Waals surface area (Å²) in [6.07, 6.45) is 4.25. The molecule has 92 valence electrons. The zero-order valence-electron chi connectivity index (χ0n) is 10.5. The summed E-state index contributed by atoms with van der Waals surface area (Å²) in [5, 5.41) is 10.6. The lowest BCUT2D eigenvalue weighted by Gasteiger charge is -2.14. The van der Waals surface area contributed by atoms with Crippen molar-refractivity contribution in [1.29, 1.82) is 0 Å². The Kier molecular flexibility index (Phi) is 3.69. The summed E-state index contributed by atoms with van der Waals surface area (Å²) in [4.78, 5) is 5.58. The van der Waals surface area contributed by atoms with Gasteiger partial charge in [-0.3, -0.25) is 0 Å². The molecule has 0 aliphatic rings. The number of phenols is 1. The molecule has 3 nitrogen and oxygen atoms in total. The van der Waals surface area contributed by atoms with E-state index in [1.165, 1.54) is 12.0 Å². The van der Waals surface area contributed by atoms with Crippen LogP contribution in [0.1, 0.15) is 18.9 Å². The first-order valence-corrected chi connectivity index (χ1v) is 6.18.